The van der Waals surface area contributed by atoms with Crippen LogP contribution >= 0.6 is 0 Å². The predicted molar refractivity (Wildman–Crippen MR) is 22.6 cm³/mol. The first-order valence-corrected chi connectivity index (χ1v) is 2.28. The monoisotopic (exact) mass is 104 g/mol. The van der Waals surface area contributed by atoms with Gasteiger partial charge in [0.05, 0.1) is 6.61 Å². The molecule has 3 nitrogen and oxygen atoms in total. The molecule has 1 aliphatic rings. The van der Waals surface area contributed by atoms with Gasteiger partial charge in [-0.15, -0.1) is 0 Å². The molecule has 0 aliphatic carbocycles. The lowest BCUT2D eigenvalue weighted by Gasteiger charge is -2.02. The van der Waals surface area contributed by atoms with E-state index in [4.69, 9.17) is 10.2 Å². The summed E-state index contributed by atoms with van der Waals surface area (Å²) in [6, 6.07) is 0. The maximum absolute atomic E-state index is 8.62. The smallest absolute Gasteiger partial charge is 0.180 e. The lowest BCUT2D eigenvalue weighted by Crippen LogP contribution is -2.18. The highest BCUT2D eigenvalue weighted by Crippen LogP contribution is 2.08. The zero-order valence-corrected chi connectivity index (χ0v) is 3.87. The van der Waals surface area contributed by atoms with Crippen LogP contribution in [0, 0.1) is 0 Å². The van der Waals surface area contributed by atoms with Crippen molar-refractivity contribution in [3.05, 3.63) is 0 Å². The molecule has 0 radical (unpaired) electrons. The Morgan fingerprint density at radius 1 is 1.43 bits per heavy atom. The molecule has 0 spiro atoms. The summed E-state index contributed by atoms with van der Waals surface area (Å²) in [5.41, 5.74) is 0. The molecule has 1 saturated heterocycles. The quantitative estimate of drug-likeness (QED) is 0.418. The Balaban J connectivity index is 2.33. The van der Waals surface area contributed by atoms with Crippen molar-refractivity contribution in [2.45, 2.75) is 18.8 Å². The van der Waals surface area contributed by atoms with E-state index in [2.05, 4.69) is 4.74 Å². The van der Waals surface area contributed by atoms with Crippen molar-refractivity contribution in [2.75, 3.05) is 6.61 Å². The SMILES string of the molecule is OC1OCC[C@@H]1O. The van der Waals surface area contributed by atoms with E-state index >= 15 is 0 Å². The van der Waals surface area contributed by atoms with E-state index < -0.39 is 12.4 Å². The molecule has 0 amide bonds. The molecule has 42 valence electrons. The molecule has 0 bridgehead atoms. The molecular weight excluding hydrogens is 96.0 g/mol. The highest BCUT2D eigenvalue weighted by Gasteiger charge is 2.22. The molecule has 1 fully saturated rings. The maximum atomic E-state index is 8.62. The van der Waals surface area contributed by atoms with Crippen molar-refractivity contribution in [1.82, 2.24) is 0 Å². The van der Waals surface area contributed by atoms with Crippen LogP contribution in [0.3, 0.4) is 0 Å². The van der Waals surface area contributed by atoms with Crippen molar-refractivity contribution >= 4 is 0 Å². The normalized spacial score (nSPS) is 42.0. The lowest BCUT2D eigenvalue weighted by atomic mass is 10.3. The Bertz CT molecular complexity index is 56.0. The number of aliphatic hydroxyl groups excluding tert-OH is 2. The first-order chi connectivity index (χ1) is 3.30. The van der Waals surface area contributed by atoms with E-state index in [0.29, 0.717) is 13.0 Å². The summed E-state index contributed by atoms with van der Waals surface area (Å²) < 4.78 is 4.57. The van der Waals surface area contributed by atoms with E-state index in [9.17, 15) is 0 Å². The third kappa shape index (κ3) is 0.907. The van der Waals surface area contributed by atoms with Gasteiger partial charge in [-0.05, 0) is 0 Å². The summed E-state index contributed by atoms with van der Waals surface area (Å²) in [7, 11) is 0. The zero-order chi connectivity index (χ0) is 5.28. The number of aliphatic hydroxyl groups is 2. The lowest BCUT2D eigenvalue weighted by molar-refractivity contribution is -0.107. The van der Waals surface area contributed by atoms with E-state index in [-0.39, 0.29) is 0 Å². The van der Waals surface area contributed by atoms with Crippen LogP contribution in [-0.4, -0.2) is 29.2 Å². The van der Waals surface area contributed by atoms with Crippen LogP contribution in [0.4, 0.5) is 0 Å². The molecule has 3 heteroatoms. The molecular formula is C4H8O3. The predicted octanol–water partition coefficient (Wildman–Crippen LogP) is -0.914. The highest BCUT2D eigenvalue weighted by atomic mass is 16.6. The molecule has 7 heavy (non-hydrogen) atoms. The molecule has 1 rings (SSSR count). The minimum absolute atomic E-state index is 0.475. The van der Waals surface area contributed by atoms with Crippen LogP contribution in [0.15, 0.2) is 0 Å². The summed E-state index contributed by atoms with van der Waals surface area (Å²) in [6.45, 7) is 0.475. The van der Waals surface area contributed by atoms with E-state index in [1.807, 2.05) is 0 Å². The van der Waals surface area contributed by atoms with E-state index in [1.165, 1.54) is 0 Å². The van der Waals surface area contributed by atoms with Gasteiger partial charge >= 0.3 is 0 Å². The first-order valence-electron chi connectivity index (χ1n) is 2.28. The van der Waals surface area contributed by atoms with Gasteiger partial charge in [-0.25, -0.2) is 0 Å². The summed E-state index contributed by atoms with van der Waals surface area (Å²) in [5, 5.41) is 17.1. The third-order valence-corrected chi connectivity index (χ3v) is 1.03. The highest BCUT2D eigenvalue weighted by molar-refractivity contribution is 4.63. The van der Waals surface area contributed by atoms with Gasteiger partial charge in [-0.3, -0.25) is 0 Å². The van der Waals surface area contributed by atoms with Crippen LogP contribution in [0.25, 0.3) is 0 Å². The molecule has 2 N–H and O–H groups in total. The zero-order valence-electron chi connectivity index (χ0n) is 3.87. The minimum atomic E-state index is -0.931. The topological polar surface area (TPSA) is 49.7 Å². The van der Waals surface area contributed by atoms with Crippen molar-refractivity contribution in [1.29, 1.82) is 0 Å². The summed E-state index contributed by atoms with van der Waals surface area (Å²) >= 11 is 0. The number of hydrogen-bond acceptors (Lipinski definition) is 3. The second-order valence-electron chi connectivity index (χ2n) is 1.62. The number of hydrogen-bond donors (Lipinski definition) is 2. The van der Waals surface area contributed by atoms with Crippen LogP contribution in [0.5, 0.6) is 0 Å². The van der Waals surface area contributed by atoms with Crippen molar-refractivity contribution in [3.63, 3.8) is 0 Å². The van der Waals surface area contributed by atoms with E-state index in [1.54, 1.807) is 0 Å². The van der Waals surface area contributed by atoms with Crippen molar-refractivity contribution in [3.8, 4) is 0 Å². The van der Waals surface area contributed by atoms with Gasteiger partial charge in [0.25, 0.3) is 0 Å². The second kappa shape index (κ2) is 1.78. The fourth-order valence-electron chi connectivity index (χ4n) is 0.563. The van der Waals surface area contributed by atoms with Crippen LogP contribution in [-0.2, 0) is 4.74 Å². The molecule has 0 aromatic carbocycles. The van der Waals surface area contributed by atoms with Crippen LogP contribution < -0.4 is 0 Å². The second-order valence-corrected chi connectivity index (χ2v) is 1.62. The third-order valence-electron chi connectivity index (χ3n) is 1.03. The van der Waals surface area contributed by atoms with Crippen molar-refractivity contribution < 1.29 is 14.9 Å². The fraction of sp³-hybridized carbons (Fsp3) is 1.00. The van der Waals surface area contributed by atoms with Gasteiger partial charge < -0.3 is 14.9 Å². The first kappa shape index (κ1) is 5.03. The Kier molecular flexibility index (Phi) is 1.27. The molecule has 1 aliphatic heterocycles. The Hall–Kier alpha value is -0.120. The van der Waals surface area contributed by atoms with Gasteiger partial charge in [0.1, 0.15) is 6.10 Å². The largest absolute Gasteiger partial charge is 0.388 e. The number of rotatable bonds is 0. The van der Waals surface area contributed by atoms with Crippen LogP contribution in [0.2, 0.25) is 0 Å². The van der Waals surface area contributed by atoms with Gasteiger partial charge in [0, 0.05) is 6.42 Å². The molecule has 1 heterocycles. The summed E-state index contributed by atoms with van der Waals surface area (Å²) in [4.78, 5) is 0. The average molecular weight is 104 g/mol. The molecule has 0 aromatic heterocycles. The molecule has 0 aromatic rings. The minimum Gasteiger partial charge on any atom is -0.388 e. The van der Waals surface area contributed by atoms with Gasteiger partial charge in [0.15, 0.2) is 6.29 Å². The van der Waals surface area contributed by atoms with E-state index in [0.717, 1.165) is 0 Å². The summed E-state index contributed by atoms with van der Waals surface area (Å²) in [5.74, 6) is 0. The summed E-state index contributed by atoms with van der Waals surface area (Å²) in [6.07, 6.45) is -1.03. The fourth-order valence-corrected chi connectivity index (χ4v) is 0.563. The van der Waals surface area contributed by atoms with Gasteiger partial charge in [-0.2, -0.15) is 0 Å². The van der Waals surface area contributed by atoms with Crippen molar-refractivity contribution in [2.24, 2.45) is 0 Å². The maximum Gasteiger partial charge on any atom is 0.180 e. The van der Waals surface area contributed by atoms with Gasteiger partial charge in [-0.1, -0.05) is 0 Å². The van der Waals surface area contributed by atoms with Crippen LogP contribution in [0.1, 0.15) is 6.42 Å². The molecule has 0 saturated carbocycles. The standard InChI is InChI=1S/C4H8O3/c5-3-1-2-7-4(3)6/h3-6H,1-2H2/t3-,4?/m0/s1. The molecule has 2 atom stereocenters. The average Bonchev–Trinajstić information content (AvgIpc) is 1.91. The van der Waals surface area contributed by atoms with Gasteiger partial charge in [0.2, 0.25) is 0 Å². The Morgan fingerprint density at radius 2 is 2.14 bits per heavy atom. The number of ether oxygens (including phenoxy) is 1. The Morgan fingerprint density at radius 3 is 2.29 bits per heavy atom. The molecule has 1 unspecified atom stereocenters. The Labute approximate surface area is 41.5 Å².